The molecule has 3 N–H and O–H groups in total. The topological polar surface area (TPSA) is 83.2 Å². The van der Waals surface area contributed by atoms with Gasteiger partial charge in [-0.1, -0.05) is 0 Å². The summed E-state index contributed by atoms with van der Waals surface area (Å²) in [6.45, 7) is 4.75. The van der Waals surface area contributed by atoms with Crippen LogP contribution in [0.25, 0.3) is 0 Å². The van der Waals surface area contributed by atoms with E-state index in [1.54, 1.807) is 19.1 Å². The molecule has 0 spiro atoms. The molecule has 0 bridgehead atoms. The summed E-state index contributed by atoms with van der Waals surface area (Å²) in [6, 6.07) is 3.15. The van der Waals surface area contributed by atoms with Gasteiger partial charge >= 0.3 is 5.97 Å². The van der Waals surface area contributed by atoms with Crippen molar-refractivity contribution in [2.75, 3.05) is 13.7 Å². The molecular formula is C12H19N3O3. The summed E-state index contributed by atoms with van der Waals surface area (Å²) in [6.07, 6.45) is 0. The number of ether oxygens (including phenoxy) is 1. The smallest absolute Gasteiger partial charge is 0.354 e. The van der Waals surface area contributed by atoms with Crippen LogP contribution >= 0.6 is 0 Å². The molecule has 1 amide bonds. The number of rotatable bonds is 6. The van der Waals surface area contributed by atoms with Gasteiger partial charge in [0, 0.05) is 18.8 Å². The first kappa shape index (κ1) is 14.2. The molecule has 1 unspecified atom stereocenters. The number of likely N-dealkylation sites (N-methyl/N-ethyl adjacent to an activating group) is 1. The van der Waals surface area contributed by atoms with E-state index in [9.17, 15) is 9.59 Å². The van der Waals surface area contributed by atoms with Crippen molar-refractivity contribution in [1.29, 1.82) is 0 Å². The number of aromatic nitrogens is 1. The van der Waals surface area contributed by atoms with Crippen LogP contribution < -0.4 is 10.6 Å². The van der Waals surface area contributed by atoms with Gasteiger partial charge < -0.3 is 20.4 Å². The summed E-state index contributed by atoms with van der Waals surface area (Å²) in [5.41, 5.74) is 1.23. The summed E-state index contributed by atoms with van der Waals surface area (Å²) in [5, 5.41) is 5.79. The Morgan fingerprint density at radius 3 is 2.78 bits per heavy atom. The Bertz CT molecular complexity index is 414. The lowest BCUT2D eigenvalue weighted by Crippen LogP contribution is -2.41. The number of hydrogen-bond acceptors (Lipinski definition) is 4. The predicted octanol–water partition coefficient (Wildman–Crippen LogP) is 0.416. The van der Waals surface area contributed by atoms with Crippen LogP contribution in [0.1, 0.15) is 30.0 Å². The zero-order valence-corrected chi connectivity index (χ0v) is 10.9. The number of carbonyl (C=O) groups is 2. The van der Waals surface area contributed by atoms with E-state index in [2.05, 4.69) is 20.4 Å². The minimum atomic E-state index is -0.405. The van der Waals surface area contributed by atoms with Gasteiger partial charge in [0.15, 0.2) is 0 Å². The molecule has 1 aromatic rings. The zero-order chi connectivity index (χ0) is 13.5. The minimum Gasteiger partial charge on any atom is -0.464 e. The van der Waals surface area contributed by atoms with E-state index < -0.39 is 5.97 Å². The summed E-state index contributed by atoms with van der Waals surface area (Å²) in [5.74, 6) is -0.449. The molecule has 1 atom stereocenters. The third-order valence-electron chi connectivity index (χ3n) is 2.49. The Kier molecular flexibility index (Phi) is 5.38. The number of methoxy groups -OCH3 is 1. The third-order valence-corrected chi connectivity index (χ3v) is 2.49. The summed E-state index contributed by atoms with van der Waals surface area (Å²) in [7, 11) is 1.33. The zero-order valence-electron chi connectivity index (χ0n) is 10.9. The van der Waals surface area contributed by atoms with Gasteiger partial charge in [-0.05, 0) is 26.0 Å². The van der Waals surface area contributed by atoms with Gasteiger partial charge in [0.05, 0.1) is 13.2 Å². The van der Waals surface area contributed by atoms with Gasteiger partial charge in [-0.3, -0.25) is 4.79 Å². The summed E-state index contributed by atoms with van der Waals surface area (Å²) >= 11 is 0. The summed E-state index contributed by atoms with van der Waals surface area (Å²) < 4.78 is 4.59. The fraction of sp³-hybridized carbons (Fsp3) is 0.500. The first-order valence-electron chi connectivity index (χ1n) is 5.85. The Labute approximate surface area is 106 Å². The quantitative estimate of drug-likeness (QED) is 0.641. The van der Waals surface area contributed by atoms with Crippen molar-refractivity contribution >= 4 is 11.9 Å². The van der Waals surface area contributed by atoms with Gasteiger partial charge in [-0.25, -0.2) is 4.79 Å². The number of nitrogens with one attached hydrogen (secondary N) is 3. The normalized spacial score (nSPS) is 11.9. The Balaban J connectivity index is 2.46. The van der Waals surface area contributed by atoms with Gasteiger partial charge in [0.1, 0.15) is 5.69 Å². The molecule has 0 aliphatic rings. The molecule has 1 rings (SSSR count). The van der Waals surface area contributed by atoms with E-state index in [1.165, 1.54) is 7.11 Å². The van der Waals surface area contributed by atoms with Crippen molar-refractivity contribution in [3.8, 4) is 0 Å². The van der Waals surface area contributed by atoms with Crippen LogP contribution in [-0.2, 0) is 16.1 Å². The van der Waals surface area contributed by atoms with E-state index in [0.717, 1.165) is 5.69 Å². The third kappa shape index (κ3) is 3.89. The maximum atomic E-state index is 11.5. The number of esters is 1. The summed E-state index contributed by atoms with van der Waals surface area (Å²) in [4.78, 5) is 25.6. The van der Waals surface area contributed by atoms with Crippen molar-refractivity contribution in [3.63, 3.8) is 0 Å². The highest BCUT2D eigenvalue weighted by Gasteiger charge is 2.12. The Morgan fingerprint density at radius 1 is 1.44 bits per heavy atom. The monoisotopic (exact) mass is 253 g/mol. The van der Waals surface area contributed by atoms with E-state index in [4.69, 9.17) is 0 Å². The van der Waals surface area contributed by atoms with E-state index in [-0.39, 0.29) is 11.9 Å². The molecule has 6 heteroatoms. The number of hydrogen-bond donors (Lipinski definition) is 3. The number of H-pyrrole nitrogens is 1. The second kappa shape index (κ2) is 6.80. The van der Waals surface area contributed by atoms with Crippen molar-refractivity contribution in [1.82, 2.24) is 15.6 Å². The van der Waals surface area contributed by atoms with E-state index >= 15 is 0 Å². The van der Waals surface area contributed by atoms with Gasteiger partial charge in [-0.15, -0.1) is 0 Å². The van der Waals surface area contributed by atoms with Crippen LogP contribution in [0.5, 0.6) is 0 Å². The van der Waals surface area contributed by atoms with Gasteiger partial charge in [0.25, 0.3) is 0 Å². The second-order valence-corrected chi connectivity index (χ2v) is 3.89. The van der Waals surface area contributed by atoms with Crippen LogP contribution in [0.4, 0.5) is 0 Å². The first-order valence-corrected chi connectivity index (χ1v) is 5.85. The lowest BCUT2D eigenvalue weighted by Gasteiger charge is -2.12. The highest BCUT2D eigenvalue weighted by molar-refractivity contribution is 5.87. The molecule has 6 nitrogen and oxygen atoms in total. The highest BCUT2D eigenvalue weighted by atomic mass is 16.5. The van der Waals surface area contributed by atoms with Crippen molar-refractivity contribution < 1.29 is 14.3 Å². The standard InChI is InChI=1S/C12H19N3O3/c1-4-13-11(16)8(2)14-7-9-5-6-10(15-9)12(17)18-3/h5-6,8,14-15H,4,7H2,1-3H3,(H,13,16). The van der Waals surface area contributed by atoms with Crippen molar-refractivity contribution in [2.45, 2.75) is 26.4 Å². The lowest BCUT2D eigenvalue weighted by atomic mass is 10.3. The van der Waals surface area contributed by atoms with Crippen LogP contribution in [0.3, 0.4) is 0 Å². The predicted molar refractivity (Wildman–Crippen MR) is 67.1 cm³/mol. The highest BCUT2D eigenvalue weighted by Crippen LogP contribution is 2.03. The molecule has 0 saturated heterocycles. The molecule has 0 fully saturated rings. The molecule has 0 saturated carbocycles. The van der Waals surface area contributed by atoms with E-state index in [0.29, 0.717) is 18.8 Å². The minimum absolute atomic E-state index is 0.0442. The first-order chi connectivity index (χ1) is 8.58. The van der Waals surface area contributed by atoms with E-state index in [1.807, 2.05) is 6.92 Å². The Hall–Kier alpha value is -1.82. The lowest BCUT2D eigenvalue weighted by molar-refractivity contribution is -0.122. The number of amides is 1. The molecule has 0 aliphatic heterocycles. The van der Waals surface area contributed by atoms with Crippen molar-refractivity contribution in [2.24, 2.45) is 0 Å². The van der Waals surface area contributed by atoms with Gasteiger partial charge in [0.2, 0.25) is 5.91 Å². The van der Waals surface area contributed by atoms with Crippen molar-refractivity contribution in [3.05, 3.63) is 23.5 Å². The maximum absolute atomic E-state index is 11.5. The SMILES string of the molecule is CCNC(=O)C(C)NCc1ccc(C(=O)OC)[nH]1. The molecule has 1 aromatic heterocycles. The fourth-order valence-electron chi connectivity index (χ4n) is 1.46. The van der Waals surface area contributed by atoms with Crippen LogP contribution in [0.2, 0.25) is 0 Å². The Morgan fingerprint density at radius 2 is 2.17 bits per heavy atom. The average molecular weight is 253 g/mol. The molecule has 0 aliphatic carbocycles. The average Bonchev–Trinajstić information content (AvgIpc) is 2.84. The van der Waals surface area contributed by atoms with Crippen LogP contribution in [-0.4, -0.2) is 36.6 Å². The molecule has 0 radical (unpaired) electrons. The van der Waals surface area contributed by atoms with Crippen LogP contribution in [0, 0.1) is 0 Å². The molecule has 18 heavy (non-hydrogen) atoms. The number of carbonyl (C=O) groups excluding carboxylic acids is 2. The molecule has 1 heterocycles. The molecular weight excluding hydrogens is 234 g/mol. The molecule has 100 valence electrons. The second-order valence-electron chi connectivity index (χ2n) is 3.89. The number of aromatic amines is 1. The fourth-order valence-corrected chi connectivity index (χ4v) is 1.46. The largest absolute Gasteiger partial charge is 0.464 e. The van der Waals surface area contributed by atoms with Crippen LogP contribution in [0.15, 0.2) is 12.1 Å². The van der Waals surface area contributed by atoms with Gasteiger partial charge in [-0.2, -0.15) is 0 Å². The molecule has 0 aromatic carbocycles. The maximum Gasteiger partial charge on any atom is 0.354 e.